The molecule has 1 aliphatic heterocycles. The van der Waals surface area contributed by atoms with Gasteiger partial charge in [0.1, 0.15) is 36.3 Å². The fourth-order valence-electron chi connectivity index (χ4n) is 5.77. The molecule has 0 saturated carbocycles. The van der Waals surface area contributed by atoms with Crippen LogP contribution in [0.25, 0.3) is 0 Å². The van der Waals surface area contributed by atoms with Gasteiger partial charge in [-0.2, -0.15) is 0 Å². The van der Waals surface area contributed by atoms with E-state index >= 15 is 0 Å². The molecule has 0 aromatic carbocycles. The van der Waals surface area contributed by atoms with Gasteiger partial charge >= 0.3 is 5.97 Å². The third kappa shape index (κ3) is 14.6. The van der Waals surface area contributed by atoms with Gasteiger partial charge in [0.15, 0.2) is 0 Å². The number of aliphatic carboxylic acids is 1. The monoisotopic (exact) mass is 710 g/mol. The molecule has 0 unspecified atom stereocenters. The number of nitrogens with zero attached hydrogens (tertiary/aromatic N) is 1. The minimum absolute atomic E-state index is 0.0437. The van der Waals surface area contributed by atoms with Gasteiger partial charge in [0.2, 0.25) is 35.4 Å². The van der Waals surface area contributed by atoms with Gasteiger partial charge in [-0.1, -0.05) is 48.0 Å². The zero-order valence-electron chi connectivity index (χ0n) is 30.9. The van der Waals surface area contributed by atoms with E-state index in [9.17, 15) is 38.7 Å². The Morgan fingerprint density at radius 3 is 1.80 bits per heavy atom. The Morgan fingerprint density at radius 2 is 1.28 bits per heavy atom. The molecule has 16 heteroatoms. The maximum atomic E-state index is 13.8. The largest absolute Gasteiger partial charge is 0.480 e. The maximum Gasteiger partial charge on any atom is 0.326 e. The molecule has 0 aromatic heterocycles. The molecule has 0 spiro atoms. The molecule has 1 rings (SSSR count). The summed E-state index contributed by atoms with van der Waals surface area (Å²) in [4.78, 5) is 92.3. The number of nitrogens with one attached hydrogen (secondary N) is 5. The van der Waals surface area contributed by atoms with Crippen LogP contribution >= 0.6 is 0 Å². The van der Waals surface area contributed by atoms with Gasteiger partial charge in [-0.3, -0.25) is 28.8 Å². The van der Waals surface area contributed by atoms with Crippen LogP contribution in [0.1, 0.15) is 99.8 Å². The van der Waals surface area contributed by atoms with Crippen molar-refractivity contribution in [2.24, 2.45) is 29.2 Å². The van der Waals surface area contributed by atoms with Gasteiger partial charge in [0, 0.05) is 6.54 Å². The number of rotatable bonds is 22. The first-order valence-electron chi connectivity index (χ1n) is 17.9. The Balaban J connectivity index is 3.17. The highest BCUT2D eigenvalue weighted by atomic mass is 16.4. The molecule has 0 radical (unpaired) electrons. The number of carbonyl (C=O) groups excluding carboxylic acids is 6. The highest BCUT2D eigenvalue weighted by molar-refractivity contribution is 5.96. The van der Waals surface area contributed by atoms with Crippen molar-refractivity contribution in [3.63, 3.8) is 0 Å². The summed E-state index contributed by atoms with van der Waals surface area (Å²) in [7, 11) is 0. The summed E-state index contributed by atoms with van der Waals surface area (Å²) in [6.45, 7) is 13.0. The molecule has 1 saturated heterocycles. The molecule has 286 valence electrons. The lowest BCUT2D eigenvalue weighted by Crippen LogP contribution is -2.60. The number of unbranched alkanes of at least 4 members (excludes halogenated alkanes) is 1. The van der Waals surface area contributed by atoms with E-state index in [1.54, 1.807) is 6.92 Å². The van der Waals surface area contributed by atoms with Crippen LogP contribution in [0.15, 0.2) is 0 Å². The summed E-state index contributed by atoms with van der Waals surface area (Å²) in [6.07, 6.45) is 3.21. The quantitative estimate of drug-likeness (QED) is 0.0683. The smallest absolute Gasteiger partial charge is 0.326 e. The lowest BCUT2D eigenvalue weighted by molar-refractivity contribution is -0.150. The van der Waals surface area contributed by atoms with Crippen LogP contribution in [0, 0.1) is 17.8 Å². The van der Waals surface area contributed by atoms with E-state index in [0.717, 1.165) is 0 Å². The fourth-order valence-corrected chi connectivity index (χ4v) is 5.77. The molecule has 1 aliphatic rings. The zero-order valence-corrected chi connectivity index (χ0v) is 30.9. The Hall–Kier alpha value is -3.79. The summed E-state index contributed by atoms with van der Waals surface area (Å²) >= 11 is 0. The van der Waals surface area contributed by atoms with Crippen molar-refractivity contribution in [2.45, 2.75) is 136 Å². The van der Waals surface area contributed by atoms with Crippen molar-refractivity contribution in [2.75, 3.05) is 19.6 Å². The van der Waals surface area contributed by atoms with Crippen molar-refractivity contribution in [3.05, 3.63) is 0 Å². The van der Waals surface area contributed by atoms with Gasteiger partial charge < -0.3 is 48.1 Å². The second-order valence-electron chi connectivity index (χ2n) is 14.1. The molecule has 16 nitrogen and oxygen atoms in total. The summed E-state index contributed by atoms with van der Waals surface area (Å²) in [5.41, 5.74) is 11.1. The highest BCUT2D eigenvalue weighted by Crippen LogP contribution is 2.22. The van der Waals surface area contributed by atoms with Gasteiger partial charge in [0.05, 0.1) is 6.54 Å². The molecular formula is C34H62N8O8. The summed E-state index contributed by atoms with van der Waals surface area (Å²) in [5, 5.41) is 23.1. The van der Waals surface area contributed by atoms with Crippen molar-refractivity contribution < 1.29 is 38.7 Å². The average Bonchev–Trinajstić information content (AvgIpc) is 3.55. The van der Waals surface area contributed by atoms with Crippen LogP contribution in [-0.4, -0.2) is 107 Å². The summed E-state index contributed by atoms with van der Waals surface area (Å²) in [6, 6.07) is -6.09. The molecule has 1 heterocycles. The van der Waals surface area contributed by atoms with E-state index < -0.39 is 77.7 Å². The van der Waals surface area contributed by atoms with Crippen LogP contribution in [0.3, 0.4) is 0 Å². The Bertz CT molecular complexity index is 1170. The molecule has 1 fully saturated rings. The van der Waals surface area contributed by atoms with Crippen molar-refractivity contribution in [1.82, 2.24) is 31.5 Å². The molecule has 50 heavy (non-hydrogen) atoms. The molecule has 7 atom stereocenters. The normalized spacial score (nSPS) is 18.0. The SMILES string of the molecule is CC[C@H](C)[C@H](NC(=O)[C@H](CC(C)C)NC(=O)[C@H](CCCCN)NC(=O)[C@H](C)NC(=O)[C@H](CC(C)C)NC(=O)CN)C(=O)N1CCC[C@H]1C(=O)O. The van der Waals surface area contributed by atoms with Crippen molar-refractivity contribution >= 4 is 41.4 Å². The van der Waals surface area contributed by atoms with Crippen molar-refractivity contribution in [3.8, 4) is 0 Å². The van der Waals surface area contributed by atoms with E-state index in [1.165, 1.54) is 11.8 Å². The van der Waals surface area contributed by atoms with E-state index in [1.807, 2.05) is 34.6 Å². The van der Waals surface area contributed by atoms with Crippen LogP contribution in [0.5, 0.6) is 0 Å². The number of carboxylic acid groups (broad SMARTS) is 1. The number of likely N-dealkylation sites (tertiary alicyclic amines) is 1. The van der Waals surface area contributed by atoms with E-state index in [-0.39, 0.29) is 43.7 Å². The molecule has 0 aromatic rings. The topological polar surface area (TPSA) is 255 Å². The van der Waals surface area contributed by atoms with E-state index in [2.05, 4.69) is 26.6 Å². The number of hydrogen-bond acceptors (Lipinski definition) is 9. The van der Waals surface area contributed by atoms with Gasteiger partial charge in [-0.15, -0.1) is 0 Å². The highest BCUT2D eigenvalue weighted by Gasteiger charge is 2.40. The number of hydrogen-bond donors (Lipinski definition) is 8. The predicted molar refractivity (Wildman–Crippen MR) is 188 cm³/mol. The number of amides is 6. The Kier molecular flexibility index (Phi) is 19.6. The first-order valence-corrected chi connectivity index (χ1v) is 17.9. The summed E-state index contributed by atoms with van der Waals surface area (Å²) in [5.74, 6) is -4.84. The Morgan fingerprint density at radius 1 is 0.740 bits per heavy atom. The predicted octanol–water partition coefficient (Wildman–Crippen LogP) is -0.268. The summed E-state index contributed by atoms with van der Waals surface area (Å²) < 4.78 is 0. The second kappa shape index (κ2) is 22.1. The first kappa shape index (κ1) is 44.2. The fraction of sp³-hybridized carbons (Fsp3) is 0.794. The Labute approximate surface area is 296 Å². The first-order chi connectivity index (χ1) is 23.5. The van der Waals surface area contributed by atoms with E-state index in [0.29, 0.717) is 45.1 Å². The van der Waals surface area contributed by atoms with Crippen LogP contribution < -0.4 is 38.1 Å². The van der Waals surface area contributed by atoms with E-state index in [4.69, 9.17) is 11.5 Å². The molecule has 0 aliphatic carbocycles. The van der Waals surface area contributed by atoms with Crippen LogP contribution in [0.4, 0.5) is 0 Å². The minimum Gasteiger partial charge on any atom is -0.480 e. The standard InChI is InChI=1S/C34H62N8O8/c1-8-21(6)28(33(48)42-15-11-13-26(42)34(49)50)41-32(47)25(17-20(4)5)40-30(45)23(12-9-10-14-35)39-29(44)22(7)37-31(46)24(16-19(2)3)38-27(43)18-36/h19-26,28H,8-18,35-36H2,1-7H3,(H,37,46)(H,38,43)(H,39,44)(H,40,45)(H,41,47)(H,49,50)/t21-,22-,23-,24-,25-,26-,28-/m0/s1. The lowest BCUT2D eigenvalue weighted by atomic mass is 9.95. The third-order valence-electron chi connectivity index (χ3n) is 8.81. The number of carboxylic acids is 1. The van der Waals surface area contributed by atoms with Gasteiger partial charge in [-0.05, 0) is 76.2 Å². The molecular weight excluding hydrogens is 648 g/mol. The van der Waals surface area contributed by atoms with Gasteiger partial charge in [-0.25, -0.2) is 4.79 Å². The van der Waals surface area contributed by atoms with Crippen molar-refractivity contribution in [1.29, 1.82) is 0 Å². The molecule has 0 bridgehead atoms. The molecule has 6 amide bonds. The second-order valence-corrected chi connectivity index (χ2v) is 14.1. The number of carbonyl (C=O) groups is 7. The van der Waals surface area contributed by atoms with Gasteiger partial charge in [0.25, 0.3) is 0 Å². The zero-order chi connectivity index (χ0) is 38.1. The minimum atomic E-state index is -1.10. The lowest BCUT2D eigenvalue weighted by Gasteiger charge is -2.32. The number of nitrogens with two attached hydrogens (primary N) is 2. The average molecular weight is 711 g/mol. The maximum absolute atomic E-state index is 13.8. The van der Waals surface area contributed by atoms with Crippen LogP contribution in [-0.2, 0) is 33.6 Å². The third-order valence-corrected chi connectivity index (χ3v) is 8.81. The van der Waals surface area contributed by atoms with Crippen LogP contribution in [0.2, 0.25) is 0 Å². The molecule has 10 N–H and O–H groups in total.